The van der Waals surface area contributed by atoms with Crippen LogP contribution in [0, 0.1) is 23.2 Å². The second-order valence-corrected chi connectivity index (χ2v) is 11.4. The first-order valence-corrected chi connectivity index (χ1v) is 13.1. The summed E-state index contributed by atoms with van der Waals surface area (Å²) in [5, 5.41) is 21.7. The van der Waals surface area contributed by atoms with E-state index < -0.39 is 5.97 Å². The third kappa shape index (κ3) is 4.27. The molecule has 8 heteroatoms. The standard InChI is InChI=1S/C29H36N4O4/c1-18(2)25-26-19(3)23(27(29(35)36)32(26)28(25)34)16-37-24-10-6-8-21-20(7-5-9-22(21)24)15-33(4)13-11-31(17-30)12-14-33/h5-10,17-19,25-26,30H,11-16H2,1-4H3/t19-,25+,26+/m0/s1. The fraction of sp³-hybridized carbons (Fsp3) is 0.483. The summed E-state index contributed by atoms with van der Waals surface area (Å²) in [5.41, 5.74) is 1.85. The van der Waals surface area contributed by atoms with Gasteiger partial charge in [-0.2, -0.15) is 0 Å². The van der Waals surface area contributed by atoms with Crippen LogP contribution in [0.4, 0.5) is 0 Å². The molecular weight excluding hydrogens is 468 g/mol. The first-order valence-electron chi connectivity index (χ1n) is 13.1. The number of carboxylic acids is 1. The number of carboxylic acid groups (broad SMARTS) is 1. The molecule has 196 valence electrons. The van der Waals surface area contributed by atoms with Gasteiger partial charge >= 0.3 is 0 Å². The minimum absolute atomic E-state index is 0.0122. The summed E-state index contributed by atoms with van der Waals surface area (Å²) in [6.07, 6.45) is 1.43. The number of amides is 1. The summed E-state index contributed by atoms with van der Waals surface area (Å²) in [6.45, 7) is 10.7. The van der Waals surface area contributed by atoms with E-state index in [1.807, 2.05) is 49.9 Å². The van der Waals surface area contributed by atoms with Gasteiger partial charge in [0.25, 0.3) is 0 Å². The summed E-state index contributed by atoms with van der Waals surface area (Å²) >= 11 is 0. The monoisotopic (exact) mass is 504 g/mol. The molecule has 3 atom stereocenters. The Hall–Kier alpha value is -3.39. The van der Waals surface area contributed by atoms with E-state index in [1.165, 1.54) is 16.8 Å². The van der Waals surface area contributed by atoms with E-state index in [-0.39, 0.29) is 42.0 Å². The van der Waals surface area contributed by atoms with Crippen molar-refractivity contribution in [1.29, 1.82) is 5.41 Å². The number of quaternary nitrogens is 1. The van der Waals surface area contributed by atoms with Crippen LogP contribution in [-0.4, -0.2) is 78.4 Å². The molecule has 3 aliphatic rings. The third-order valence-electron chi connectivity index (χ3n) is 8.65. The number of piperazine rings is 1. The van der Waals surface area contributed by atoms with Crippen molar-refractivity contribution in [2.75, 3.05) is 39.8 Å². The van der Waals surface area contributed by atoms with Crippen molar-refractivity contribution in [3.63, 3.8) is 0 Å². The van der Waals surface area contributed by atoms with Gasteiger partial charge < -0.3 is 28.9 Å². The lowest BCUT2D eigenvalue weighted by molar-refractivity contribution is -0.925. The zero-order valence-corrected chi connectivity index (χ0v) is 22.1. The largest absolute Gasteiger partial charge is 0.543 e. The molecule has 0 saturated carbocycles. The smallest absolute Gasteiger partial charge is 0.232 e. The Kier molecular flexibility index (Phi) is 6.48. The van der Waals surface area contributed by atoms with E-state index in [0.717, 1.165) is 48.0 Å². The number of ether oxygens (including phenoxy) is 1. The lowest BCUT2D eigenvalue weighted by Gasteiger charge is -2.48. The Balaban J connectivity index is 1.39. The average Bonchev–Trinajstić information content (AvgIpc) is 3.11. The van der Waals surface area contributed by atoms with Gasteiger partial charge in [-0.15, -0.1) is 0 Å². The SMILES string of the molecule is CC(C)[C@H]1C(=O)N2C(C(=O)[O-])=C(COc3cccc4c(C[N+]5(C)CCN(C=N)CC5)cccc34)[C@H](C)[C@H]12. The van der Waals surface area contributed by atoms with Gasteiger partial charge in [-0.05, 0) is 22.9 Å². The molecule has 8 nitrogen and oxygen atoms in total. The quantitative estimate of drug-likeness (QED) is 0.257. The Morgan fingerprint density at radius 2 is 1.86 bits per heavy atom. The molecule has 0 radical (unpaired) electrons. The van der Waals surface area contributed by atoms with Crippen molar-refractivity contribution < 1.29 is 23.9 Å². The molecule has 3 heterocycles. The summed E-state index contributed by atoms with van der Waals surface area (Å²) in [6, 6.07) is 12.1. The summed E-state index contributed by atoms with van der Waals surface area (Å²) < 4.78 is 7.20. The van der Waals surface area contributed by atoms with Crippen LogP contribution in [0.1, 0.15) is 26.3 Å². The number of hydrogen-bond acceptors (Lipinski definition) is 5. The number of rotatable bonds is 8. The van der Waals surface area contributed by atoms with Gasteiger partial charge in [0.15, 0.2) is 0 Å². The van der Waals surface area contributed by atoms with Crippen molar-refractivity contribution in [2.24, 2.45) is 17.8 Å². The van der Waals surface area contributed by atoms with E-state index >= 15 is 0 Å². The van der Waals surface area contributed by atoms with E-state index in [2.05, 4.69) is 19.2 Å². The van der Waals surface area contributed by atoms with Crippen molar-refractivity contribution in [3.8, 4) is 5.75 Å². The Morgan fingerprint density at radius 1 is 1.19 bits per heavy atom. The topological polar surface area (TPSA) is 96.8 Å². The molecule has 0 aromatic heterocycles. The lowest BCUT2D eigenvalue weighted by Crippen LogP contribution is -2.62. The molecule has 2 saturated heterocycles. The predicted octanol–water partition coefficient (Wildman–Crippen LogP) is 2.22. The maximum absolute atomic E-state index is 12.7. The number of nitrogens with zero attached hydrogens (tertiary/aromatic N) is 3. The van der Waals surface area contributed by atoms with Crippen LogP contribution < -0.4 is 9.84 Å². The van der Waals surface area contributed by atoms with E-state index in [1.54, 1.807) is 0 Å². The van der Waals surface area contributed by atoms with Crippen LogP contribution in [-0.2, 0) is 16.1 Å². The highest BCUT2D eigenvalue weighted by Gasteiger charge is 2.57. The number of hydrogen-bond donors (Lipinski definition) is 1. The lowest BCUT2D eigenvalue weighted by atomic mass is 9.74. The van der Waals surface area contributed by atoms with Gasteiger partial charge in [0.2, 0.25) is 5.91 Å². The molecular formula is C29H36N4O4. The van der Waals surface area contributed by atoms with Crippen LogP contribution in [0.3, 0.4) is 0 Å². The van der Waals surface area contributed by atoms with E-state index in [9.17, 15) is 14.7 Å². The molecule has 1 amide bonds. The fourth-order valence-corrected chi connectivity index (χ4v) is 6.44. The zero-order chi connectivity index (χ0) is 26.5. The summed E-state index contributed by atoms with van der Waals surface area (Å²) in [4.78, 5) is 28.3. The number of β-lactam (4-membered cyclic amide) rings is 1. The average molecular weight is 505 g/mol. The van der Waals surface area contributed by atoms with Crippen molar-refractivity contribution in [1.82, 2.24) is 9.80 Å². The van der Waals surface area contributed by atoms with Gasteiger partial charge in [0.1, 0.15) is 18.9 Å². The van der Waals surface area contributed by atoms with Crippen LogP contribution >= 0.6 is 0 Å². The minimum Gasteiger partial charge on any atom is -0.543 e. The number of fused-ring (bicyclic) bond motifs is 2. The Bertz CT molecular complexity index is 1280. The Morgan fingerprint density at radius 3 is 2.51 bits per heavy atom. The number of nitrogens with one attached hydrogen (secondary N) is 1. The number of carbonyl (C=O) groups excluding carboxylic acids is 2. The molecule has 37 heavy (non-hydrogen) atoms. The zero-order valence-electron chi connectivity index (χ0n) is 22.1. The molecule has 2 aromatic rings. The van der Waals surface area contributed by atoms with Gasteiger partial charge in [-0.1, -0.05) is 51.1 Å². The molecule has 0 unspecified atom stereocenters. The molecule has 0 bridgehead atoms. The molecule has 1 N–H and O–H groups in total. The highest BCUT2D eigenvalue weighted by Crippen LogP contribution is 2.48. The number of carbonyl (C=O) groups is 2. The van der Waals surface area contributed by atoms with Crippen LogP contribution in [0.15, 0.2) is 47.7 Å². The Labute approximate surface area is 218 Å². The number of aliphatic carboxylic acids is 1. The highest BCUT2D eigenvalue weighted by molar-refractivity contribution is 5.99. The second-order valence-electron chi connectivity index (χ2n) is 11.4. The van der Waals surface area contributed by atoms with Crippen molar-refractivity contribution in [2.45, 2.75) is 33.4 Å². The van der Waals surface area contributed by atoms with E-state index in [4.69, 9.17) is 10.1 Å². The predicted molar refractivity (Wildman–Crippen MR) is 140 cm³/mol. The molecule has 2 fully saturated rings. The van der Waals surface area contributed by atoms with Gasteiger partial charge in [-0.3, -0.25) is 10.2 Å². The maximum atomic E-state index is 12.7. The molecule has 0 spiro atoms. The van der Waals surface area contributed by atoms with Crippen molar-refractivity contribution >= 4 is 29.0 Å². The molecule has 3 aliphatic heterocycles. The molecule has 2 aromatic carbocycles. The highest BCUT2D eigenvalue weighted by atomic mass is 16.5. The number of benzene rings is 2. The second kappa shape index (κ2) is 9.49. The maximum Gasteiger partial charge on any atom is 0.232 e. The van der Waals surface area contributed by atoms with Crippen LogP contribution in [0.25, 0.3) is 10.8 Å². The van der Waals surface area contributed by atoms with Crippen molar-refractivity contribution in [3.05, 3.63) is 53.2 Å². The van der Waals surface area contributed by atoms with Gasteiger partial charge in [0.05, 0.1) is 63.2 Å². The third-order valence-corrected chi connectivity index (χ3v) is 8.65. The van der Waals surface area contributed by atoms with Crippen LogP contribution in [0.2, 0.25) is 0 Å². The summed E-state index contributed by atoms with van der Waals surface area (Å²) in [7, 11) is 2.27. The van der Waals surface area contributed by atoms with Crippen LogP contribution in [0.5, 0.6) is 5.75 Å². The molecule has 0 aliphatic carbocycles. The normalized spacial score (nSPS) is 24.9. The fourth-order valence-electron chi connectivity index (χ4n) is 6.44. The molecule has 5 rings (SSSR count). The summed E-state index contributed by atoms with van der Waals surface area (Å²) in [5.74, 6) is -0.875. The van der Waals surface area contributed by atoms with E-state index in [0.29, 0.717) is 11.3 Å². The number of likely N-dealkylation sites (N-methyl/N-ethyl adjacent to an activating group) is 1. The van der Waals surface area contributed by atoms with Gasteiger partial charge in [-0.25, -0.2) is 0 Å². The minimum atomic E-state index is -1.32. The first-order chi connectivity index (χ1) is 17.6. The first kappa shape index (κ1) is 25.3. The van der Waals surface area contributed by atoms with Gasteiger partial charge in [0, 0.05) is 16.9 Å².